The van der Waals surface area contributed by atoms with Gasteiger partial charge in [0.05, 0.1) is 16.2 Å². The summed E-state index contributed by atoms with van der Waals surface area (Å²) >= 11 is 1.70. The summed E-state index contributed by atoms with van der Waals surface area (Å²) in [6, 6.07) is 10.7. The Morgan fingerprint density at radius 1 is 1.30 bits per heavy atom. The van der Waals surface area contributed by atoms with Gasteiger partial charge in [-0.15, -0.1) is 11.3 Å². The summed E-state index contributed by atoms with van der Waals surface area (Å²) in [7, 11) is 1.99. The van der Waals surface area contributed by atoms with Gasteiger partial charge in [0.1, 0.15) is 0 Å². The van der Waals surface area contributed by atoms with Crippen LogP contribution in [0.3, 0.4) is 0 Å². The number of likely N-dealkylation sites (N-methyl/N-ethyl adjacent to an activating group) is 1. The lowest BCUT2D eigenvalue weighted by molar-refractivity contribution is 0.584. The standard InChI is InChI=1S/C16H17N3S/c1-11-19-14(10-20-11)8-16(17-2)13-7-12-5-3-4-6-15(12)18-9-13/h3-7,9-10,16-17H,8H2,1-2H3. The monoisotopic (exact) mass is 283 g/mol. The Balaban J connectivity index is 1.90. The number of nitrogens with one attached hydrogen (secondary N) is 1. The van der Waals surface area contributed by atoms with Crippen LogP contribution >= 0.6 is 11.3 Å². The van der Waals surface area contributed by atoms with Crippen molar-refractivity contribution in [1.82, 2.24) is 15.3 Å². The van der Waals surface area contributed by atoms with E-state index < -0.39 is 0 Å². The Bertz CT molecular complexity index is 720. The van der Waals surface area contributed by atoms with E-state index in [9.17, 15) is 0 Å². The summed E-state index contributed by atoms with van der Waals surface area (Å²) in [6.07, 6.45) is 2.85. The van der Waals surface area contributed by atoms with Gasteiger partial charge in [0.25, 0.3) is 0 Å². The van der Waals surface area contributed by atoms with Crippen molar-refractivity contribution in [3.8, 4) is 0 Å². The van der Waals surface area contributed by atoms with Gasteiger partial charge in [0.15, 0.2) is 0 Å². The SMILES string of the molecule is CNC(Cc1csc(C)n1)c1cnc2ccccc2c1. The average molecular weight is 283 g/mol. The first-order valence-corrected chi connectivity index (χ1v) is 7.57. The lowest BCUT2D eigenvalue weighted by Gasteiger charge is -2.15. The Labute approximate surface area is 122 Å². The molecule has 0 fully saturated rings. The highest BCUT2D eigenvalue weighted by Crippen LogP contribution is 2.22. The van der Waals surface area contributed by atoms with Gasteiger partial charge >= 0.3 is 0 Å². The van der Waals surface area contributed by atoms with E-state index in [1.54, 1.807) is 11.3 Å². The maximum absolute atomic E-state index is 4.54. The zero-order valence-electron chi connectivity index (χ0n) is 11.6. The minimum Gasteiger partial charge on any atom is -0.313 e. The van der Waals surface area contributed by atoms with Crippen LogP contribution in [0.1, 0.15) is 22.3 Å². The van der Waals surface area contributed by atoms with Gasteiger partial charge in [-0.2, -0.15) is 0 Å². The largest absolute Gasteiger partial charge is 0.313 e. The summed E-state index contributed by atoms with van der Waals surface area (Å²) in [5.74, 6) is 0. The van der Waals surface area contributed by atoms with Gasteiger partial charge in [-0.1, -0.05) is 18.2 Å². The van der Waals surface area contributed by atoms with Gasteiger partial charge in [-0.3, -0.25) is 4.98 Å². The van der Waals surface area contributed by atoms with E-state index in [1.165, 1.54) is 10.9 Å². The van der Waals surface area contributed by atoms with Gasteiger partial charge < -0.3 is 5.32 Å². The number of benzene rings is 1. The molecule has 0 amide bonds. The molecule has 1 atom stereocenters. The molecule has 3 rings (SSSR count). The fourth-order valence-corrected chi connectivity index (χ4v) is 3.00. The molecule has 0 saturated heterocycles. The van der Waals surface area contributed by atoms with Crippen molar-refractivity contribution < 1.29 is 0 Å². The molecule has 2 heterocycles. The molecule has 3 aromatic rings. The second-order valence-corrected chi connectivity index (χ2v) is 5.93. The first-order chi connectivity index (χ1) is 9.76. The summed E-state index contributed by atoms with van der Waals surface area (Å²) in [5.41, 5.74) is 3.38. The molecule has 0 spiro atoms. The summed E-state index contributed by atoms with van der Waals surface area (Å²) in [5, 5.41) is 7.80. The summed E-state index contributed by atoms with van der Waals surface area (Å²) < 4.78 is 0. The van der Waals surface area contributed by atoms with Crippen LogP contribution in [0.2, 0.25) is 0 Å². The highest BCUT2D eigenvalue weighted by Gasteiger charge is 2.13. The zero-order valence-corrected chi connectivity index (χ0v) is 12.4. The van der Waals surface area contributed by atoms with E-state index >= 15 is 0 Å². The molecule has 20 heavy (non-hydrogen) atoms. The van der Waals surface area contributed by atoms with Gasteiger partial charge in [-0.25, -0.2) is 4.98 Å². The van der Waals surface area contributed by atoms with E-state index in [4.69, 9.17) is 0 Å². The molecular formula is C16H17N3S. The van der Waals surface area contributed by atoms with Crippen LogP contribution in [0.15, 0.2) is 41.9 Å². The van der Waals surface area contributed by atoms with Crippen molar-refractivity contribution >= 4 is 22.2 Å². The molecule has 0 bridgehead atoms. The third-order valence-electron chi connectivity index (χ3n) is 3.44. The topological polar surface area (TPSA) is 37.8 Å². The molecule has 1 N–H and O–H groups in total. The third-order valence-corrected chi connectivity index (χ3v) is 4.26. The average Bonchev–Trinajstić information content (AvgIpc) is 2.89. The lowest BCUT2D eigenvalue weighted by atomic mass is 10.0. The van der Waals surface area contributed by atoms with Crippen LogP contribution in [0, 0.1) is 6.92 Å². The van der Waals surface area contributed by atoms with Gasteiger partial charge in [0.2, 0.25) is 0 Å². The lowest BCUT2D eigenvalue weighted by Crippen LogP contribution is -2.19. The molecule has 1 aromatic carbocycles. The fraction of sp³-hybridized carbons (Fsp3) is 0.250. The van der Waals surface area contributed by atoms with Crippen LogP contribution in [-0.4, -0.2) is 17.0 Å². The van der Waals surface area contributed by atoms with Gasteiger partial charge in [-0.05, 0) is 31.7 Å². The molecule has 1 unspecified atom stereocenters. The fourth-order valence-electron chi connectivity index (χ4n) is 2.38. The molecule has 0 radical (unpaired) electrons. The number of hydrogen-bond acceptors (Lipinski definition) is 4. The maximum atomic E-state index is 4.54. The van der Waals surface area contributed by atoms with Gasteiger partial charge in [0, 0.05) is 29.4 Å². The first kappa shape index (κ1) is 13.2. The Kier molecular flexibility index (Phi) is 3.76. The Hall–Kier alpha value is -1.78. The maximum Gasteiger partial charge on any atom is 0.0897 e. The van der Waals surface area contributed by atoms with E-state index in [1.807, 2.05) is 38.4 Å². The molecule has 3 nitrogen and oxygen atoms in total. The van der Waals surface area contributed by atoms with E-state index in [0.29, 0.717) is 0 Å². The second-order valence-electron chi connectivity index (χ2n) is 4.86. The van der Waals surface area contributed by atoms with Crippen molar-refractivity contribution in [2.75, 3.05) is 7.05 Å². The zero-order chi connectivity index (χ0) is 13.9. The molecular weight excluding hydrogens is 266 g/mol. The molecule has 4 heteroatoms. The number of aromatic nitrogens is 2. The minimum absolute atomic E-state index is 0.244. The van der Waals surface area contributed by atoms with E-state index in [-0.39, 0.29) is 6.04 Å². The normalized spacial score (nSPS) is 12.7. The molecule has 0 saturated carbocycles. The molecule has 2 aromatic heterocycles. The van der Waals surface area contributed by atoms with E-state index in [0.717, 1.165) is 22.6 Å². The van der Waals surface area contributed by atoms with Crippen LogP contribution < -0.4 is 5.32 Å². The van der Waals surface area contributed by atoms with Crippen molar-refractivity contribution in [3.63, 3.8) is 0 Å². The predicted molar refractivity (Wildman–Crippen MR) is 84.1 cm³/mol. The minimum atomic E-state index is 0.244. The van der Waals surface area contributed by atoms with Crippen LogP contribution in [-0.2, 0) is 6.42 Å². The number of thiazole rings is 1. The Morgan fingerprint density at radius 2 is 2.15 bits per heavy atom. The van der Waals surface area contributed by atoms with Crippen LogP contribution in [0.25, 0.3) is 10.9 Å². The second kappa shape index (κ2) is 5.69. The molecule has 0 aliphatic heterocycles. The summed E-state index contributed by atoms with van der Waals surface area (Å²) in [4.78, 5) is 9.08. The predicted octanol–water partition coefficient (Wildman–Crippen LogP) is 3.50. The van der Waals surface area contributed by atoms with Crippen LogP contribution in [0.4, 0.5) is 0 Å². The number of hydrogen-bond donors (Lipinski definition) is 1. The van der Waals surface area contributed by atoms with E-state index in [2.05, 4.69) is 32.8 Å². The number of fused-ring (bicyclic) bond motifs is 1. The smallest absolute Gasteiger partial charge is 0.0897 e. The Morgan fingerprint density at radius 3 is 2.90 bits per heavy atom. The third kappa shape index (κ3) is 2.71. The van der Waals surface area contributed by atoms with Crippen molar-refractivity contribution in [3.05, 3.63) is 58.2 Å². The molecule has 0 aliphatic carbocycles. The number of rotatable bonds is 4. The molecule has 102 valence electrons. The van der Waals surface area contributed by atoms with Crippen molar-refractivity contribution in [2.24, 2.45) is 0 Å². The van der Waals surface area contributed by atoms with Crippen LogP contribution in [0.5, 0.6) is 0 Å². The molecule has 0 aliphatic rings. The first-order valence-electron chi connectivity index (χ1n) is 6.69. The number of aryl methyl sites for hydroxylation is 1. The number of nitrogens with zero attached hydrogens (tertiary/aromatic N) is 2. The quantitative estimate of drug-likeness (QED) is 0.796. The summed E-state index contributed by atoms with van der Waals surface area (Å²) in [6.45, 7) is 2.04. The number of pyridine rings is 1. The number of para-hydroxylation sites is 1. The van der Waals surface area contributed by atoms with Crippen molar-refractivity contribution in [1.29, 1.82) is 0 Å². The highest BCUT2D eigenvalue weighted by molar-refractivity contribution is 7.09. The van der Waals surface area contributed by atoms with Crippen molar-refractivity contribution in [2.45, 2.75) is 19.4 Å². The highest BCUT2D eigenvalue weighted by atomic mass is 32.1.